The van der Waals surface area contributed by atoms with E-state index in [4.69, 9.17) is 4.18 Å². The third-order valence-corrected chi connectivity index (χ3v) is 5.54. The molecule has 1 aliphatic heterocycles. The lowest BCUT2D eigenvalue weighted by Crippen LogP contribution is -2.44. The van der Waals surface area contributed by atoms with Crippen LogP contribution in [0.15, 0.2) is 30.3 Å². The second-order valence-electron chi connectivity index (χ2n) is 6.69. The van der Waals surface area contributed by atoms with Crippen LogP contribution in [0.5, 0.6) is 5.75 Å². The molecule has 1 aromatic rings. The van der Waals surface area contributed by atoms with E-state index in [0.29, 0.717) is 6.42 Å². The zero-order chi connectivity index (χ0) is 19.2. The fourth-order valence-electron chi connectivity index (χ4n) is 2.89. The standard InChI is InChI=1S/C18H26N2O5S/c1-3-4-5-9-12-18(2)16(21)20(17(22)19-18)13-14-26(23,24)25-15-10-7-6-8-11-15/h6-8,10-11H,3-5,9,12-14H2,1-2H3,(H,19,22). The van der Waals surface area contributed by atoms with Gasteiger partial charge >= 0.3 is 16.1 Å². The van der Waals surface area contributed by atoms with Gasteiger partial charge in [0.2, 0.25) is 0 Å². The van der Waals surface area contributed by atoms with Crippen LogP contribution in [0.3, 0.4) is 0 Å². The molecule has 1 heterocycles. The quantitative estimate of drug-likeness (QED) is 0.381. The number of unbranched alkanes of at least 4 members (excludes halogenated alkanes) is 3. The van der Waals surface area contributed by atoms with E-state index in [1.807, 2.05) is 0 Å². The van der Waals surface area contributed by atoms with E-state index in [0.717, 1.165) is 30.6 Å². The number of nitrogens with zero attached hydrogens (tertiary/aromatic N) is 1. The number of para-hydroxylation sites is 1. The van der Waals surface area contributed by atoms with Crippen molar-refractivity contribution < 1.29 is 22.2 Å². The van der Waals surface area contributed by atoms with E-state index in [1.54, 1.807) is 25.1 Å². The Morgan fingerprint density at radius 2 is 1.81 bits per heavy atom. The molecule has 0 bridgehead atoms. The largest absolute Gasteiger partial charge is 0.382 e. The van der Waals surface area contributed by atoms with Crippen molar-refractivity contribution in [1.29, 1.82) is 0 Å². The van der Waals surface area contributed by atoms with Gasteiger partial charge in [0, 0.05) is 6.54 Å². The molecule has 1 unspecified atom stereocenters. The minimum atomic E-state index is -3.90. The minimum Gasteiger partial charge on any atom is -0.382 e. The molecule has 1 aliphatic rings. The van der Waals surface area contributed by atoms with E-state index in [2.05, 4.69) is 12.2 Å². The van der Waals surface area contributed by atoms with Crippen molar-refractivity contribution in [3.8, 4) is 5.75 Å². The van der Waals surface area contributed by atoms with Gasteiger partial charge in [0.15, 0.2) is 0 Å². The Hall–Kier alpha value is -2.09. The second kappa shape index (κ2) is 8.53. The van der Waals surface area contributed by atoms with E-state index >= 15 is 0 Å². The zero-order valence-electron chi connectivity index (χ0n) is 15.2. The maximum absolute atomic E-state index is 12.6. The molecule has 26 heavy (non-hydrogen) atoms. The Bertz CT molecular complexity index is 735. The normalized spacial score (nSPS) is 20.3. The molecule has 1 saturated heterocycles. The summed E-state index contributed by atoms with van der Waals surface area (Å²) in [5.74, 6) is -0.633. The number of carbonyl (C=O) groups is 2. The first-order valence-corrected chi connectivity index (χ1v) is 10.5. The SMILES string of the molecule is CCCCCCC1(C)NC(=O)N(CCS(=O)(=O)Oc2ccccc2)C1=O. The molecule has 144 valence electrons. The topological polar surface area (TPSA) is 92.8 Å². The molecule has 0 spiro atoms. The lowest BCUT2D eigenvalue weighted by molar-refractivity contribution is -0.130. The molecule has 0 radical (unpaired) electrons. The van der Waals surface area contributed by atoms with Gasteiger partial charge in [-0.05, 0) is 25.5 Å². The van der Waals surface area contributed by atoms with Crippen molar-refractivity contribution in [2.45, 2.75) is 51.5 Å². The van der Waals surface area contributed by atoms with Gasteiger partial charge in [-0.2, -0.15) is 8.42 Å². The summed E-state index contributed by atoms with van der Waals surface area (Å²) in [7, 11) is -3.90. The molecule has 3 amide bonds. The van der Waals surface area contributed by atoms with Crippen molar-refractivity contribution in [2.24, 2.45) is 0 Å². The zero-order valence-corrected chi connectivity index (χ0v) is 16.0. The Balaban J connectivity index is 1.92. The van der Waals surface area contributed by atoms with Gasteiger partial charge in [-0.15, -0.1) is 0 Å². The first-order valence-electron chi connectivity index (χ1n) is 8.89. The molecule has 0 saturated carbocycles. The summed E-state index contributed by atoms with van der Waals surface area (Å²) in [6, 6.07) is 7.56. The minimum absolute atomic E-state index is 0.200. The average molecular weight is 382 g/mol. The highest BCUT2D eigenvalue weighted by Gasteiger charge is 2.47. The van der Waals surface area contributed by atoms with Crippen LogP contribution in [0.1, 0.15) is 46.0 Å². The van der Waals surface area contributed by atoms with Crippen LogP contribution in [-0.4, -0.2) is 43.1 Å². The van der Waals surface area contributed by atoms with Crippen molar-refractivity contribution in [2.75, 3.05) is 12.3 Å². The van der Waals surface area contributed by atoms with Crippen LogP contribution in [0.25, 0.3) is 0 Å². The third-order valence-electron chi connectivity index (χ3n) is 4.41. The predicted octanol–water partition coefficient (Wildman–Crippen LogP) is 2.68. The Labute approximate surface area is 154 Å². The molecule has 1 atom stereocenters. The summed E-state index contributed by atoms with van der Waals surface area (Å²) in [5.41, 5.74) is -0.963. The van der Waals surface area contributed by atoms with E-state index in [-0.39, 0.29) is 18.2 Å². The van der Waals surface area contributed by atoms with Gasteiger partial charge in [0.25, 0.3) is 5.91 Å². The highest BCUT2D eigenvalue weighted by atomic mass is 32.2. The van der Waals surface area contributed by atoms with Gasteiger partial charge in [-0.1, -0.05) is 50.8 Å². The number of nitrogens with one attached hydrogen (secondary N) is 1. The van der Waals surface area contributed by atoms with E-state index in [9.17, 15) is 18.0 Å². The molecule has 2 rings (SSSR count). The van der Waals surface area contributed by atoms with Crippen LogP contribution < -0.4 is 9.50 Å². The Morgan fingerprint density at radius 3 is 2.46 bits per heavy atom. The number of hydrogen-bond donors (Lipinski definition) is 1. The summed E-state index contributed by atoms with van der Waals surface area (Å²) in [6.45, 7) is 3.56. The van der Waals surface area contributed by atoms with E-state index < -0.39 is 27.4 Å². The summed E-state index contributed by atoms with van der Waals surface area (Å²) < 4.78 is 29.1. The first-order chi connectivity index (χ1) is 12.3. The lowest BCUT2D eigenvalue weighted by atomic mass is 9.94. The van der Waals surface area contributed by atoms with Crippen molar-refractivity contribution >= 4 is 22.1 Å². The van der Waals surface area contributed by atoms with Crippen LogP contribution in [0, 0.1) is 0 Å². The fraction of sp³-hybridized carbons (Fsp3) is 0.556. The van der Waals surface area contributed by atoms with Crippen LogP contribution in [-0.2, 0) is 14.9 Å². The number of imide groups is 1. The van der Waals surface area contributed by atoms with Crippen molar-refractivity contribution in [3.63, 3.8) is 0 Å². The second-order valence-corrected chi connectivity index (χ2v) is 8.38. The van der Waals surface area contributed by atoms with Crippen molar-refractivity contribution in [3.05, 3.63) is 30.3 Å². The smallest absolute Gasteiger partial charge is 0.325 e. The number of rotatable bonds is 10. The fourth-order valence-corrected chi connectivity index (χ4v) is 3.79. The lowest BCUT2D eigenvalue weighted by Gasteiger charge is -2.21. The van der Waals surface area contributed by atoms with Gasteiger partial charge in [0.1, 0.15) is 17.0 Å². The molecule has 1 aromatic carbocycles. The highest BCUT2D eigenvalue weighted by Crippen LogP contribution is 2.24. The molecule has 1 fully saturated rings. The highest BCUT2D eigenvalue weighted by molar-refractivity contribution is 7.87. The van der Waals surface area contributed by atoms with Crippen LogP contribution in [0.2, 0.25) is 0 Å². The number of amides is 3. The molecular weight excluding hydrogens is 356 g/mol. The third kappa shape index (κ3) is 5.20. The average Bonchev–Trinajstić information content (AvgIpc) is 2.80. The van der Waals surface area contributed by atoms with Crippen molar-refractivity contribution in [1.82, 2.24) is 10.2 Å². The number of hydrogen-bond acceptors (Lipinski definition) is 5. The number of benzene rings is 1. The molecule has 8 heteroatoms. The van der Waals surface area contributed by atoms with Gasteiger partial charge in [0.05, 0.1) is 0 Å². The first kappa shape index (κ1) is 20.2. The maximum atomic E-state index is 12.6. The number of carbonyl (C=O) groups excluding carboxylic acids is 2. The predicted molar refractivity (Wildman–Crippen MR) is 98.3 cm³/mol. The summed E-state index contributed by atoms with van der Waals surface area (Å²) in [4.78, 5) is 25.7. The van der Waals surface area contributed by atoms with Gasteiger partial charge in [-0.3, -0.25) is 9.69 Å². The molecular formula is C18H26N2O5S. The van der Waals surface area contributed by atoms with Crippen LogP contribution in [0.4, 0.5) is 4.79 Å². The molecule has 0 aliphatic carbocycles. The van der Waals surface area contributed by atoms with Crippen LogP contribution >= 0.6 is 0 Å². The summed E-state index contributed by atoms with van der Waals surface area (Å²) >= 11 is 0. The molecule has 7 nitrogen and oxygen atoms in total. The van der Waals surface area contributed by atoms with Gasteiger partial charge < -0.3 is 9.50 Å². The van der Waals surface area contributed by atoms with Gasteiger partial charge in [-0.25, -0.2) is 4.79 Å². The Morgan fingerprint density at radius 1 is 1.12 bits per heavy atom. The maximum Gasteiger partial charge on any atom is 0.325 e. The van der Waals surface area contributed by atoms with E-state index in [1.165, 1.54) is 12.1 Å². The Kier molecular flexibility index (Phi) is 6.63. The molecule has 1 N–H and O–H groups in total. The molecule has 0 aromatic heterocycles. The summed E-state index contributed by atoms with van der Waals surface area (Å²) in [5, 5.41) is 2.69. The monoisotopic (exact) mass is 382 g/mol. The summed E-state index contributed by atoms with van der Waals surface area (Å²) in [6.07, 6.45) is 4.54. The number of urea groups is 1.